The highest BCUT2D eigenvalue weighted by molar-refractivity contribution is 8.14. The van der Waals surface area contributed by atoms with Gasteiger partial charge in [0.1, 0.15) is 0 Å². The van der Waals surface area contributed by atoms with E-state index in [9.17, 15) is 4.79 Å². The van der Waals surface area contributed by atoms with Crippen molar-refractivity contribution >= 4 is 28.5 Å². The third-order valence-corrected chi connectivity index (χ3v) is 4.07. The van der Waals surface area contributed by atoms with E-state index in [1.807, 2.05) is 31.2 Å². The molecule has 110 valence electrons. The lowest BCUT2D eigenvalue weighted by atomic mass is 10.2. The third kappa shape index (κ3) is 3.21. The molecule has 0 N–H and O–H groups in total. The zero-order chi connectivity index (χ0) is 15.5. The molecule has 6 heteroatoms. The van der Waals surface area contributed by atoms with Crippen molar-refractivity contribution in [3.8, 4) is 11.5 Å². The van der Waals surface area contributed by atoms with Crippen LogP contribution in [0.4, 0.5) is 0 Å². The monoisotopic (exact) mass is 330 g/mol. The van der Waals surface area contributed by atoms with Gasteiger partial charge in [0, 0.05) is 17.3 Å². The second-order valence-electron chi connectivity index (χ2n) is 4.61. The van der Waals surface area contributed by atoms with Gasteiger partial charge in [-0.05, 0) is 19.1 Å². The third-order valence-electron chi connectivity index (χ3n) is 2.98. The lowest BCUT2D eigenvalue weighted by Crippen LogP contribution is -1.92. The number of carbonyl (C=O) groups excluding carboxylic acids is 1. The summed E-state index contributed by atoms with van der Waals surface area (Å²) < 4.78 is 5.50. The molecule has 0 bridgehead atoms. The Morgan fingerprint density at radius 3 is 2.55 bits per heavy atom. The van der Waals surface area contributed by atoms with E-state index in [-0.39, 0.29) is 10.3 Å². The number of aromatic nitrogens is 2. The summed E-state index contributed by atoms with van der Waals surface area (Å²) in [4.78, 5) is 12.1. The minimum Gasteiger partial charge on any atom is -0.411 e. The number of thioether (sulfide) groups is 1. The second-order valence-corrected chi connectivity index (χ2v) is 5.94. The van der Waals surface area contributed by atoms with Crippen LogP contribution in [0.15, 0.2) is 58.2 Å². The maximum atomic E-state index is 12.1. The molecule has 0 saturated carbocycles. The molecule has 3 rings (SSSR count). The number of benzene rings is 2. The largest absolute Gasteiger partial charge is 0.411 e. The molecule has 2 aromatic carbocycles. The van der Waals surface area contributed by atoms with Gasteiger partial charge < -0.3 is 4.42 Å². The molecule has 0 aliphatic heterocycles. The summed E-state index contributed by atoms with van der Waals surface area (Å²) in [5.41, 5.74) is 2.33. The van der Waals surface area contributed by atoms with Crippen molar-refractivity contribution in [1.29, 1.82) is 0 Å². The van der Waals surface area contributed by atoms with Crippen LogP contribution in [-0.2, 0) is 0 Å². The number of aryl methyl sites for hydroxylation is 1. The van der Waals surface area contributed by atoms with Crippen molar-refractivity contribution in [2.75, 3.05) is 0 Å². The van der Waals surface area contributed by atoms with Gasteiger partial charge in [-0.1, -0.05) is 53.6 Å². The molecule has 0 amide bonds. The van der Waals surface area contributed by atoms with Gasteiger partial charge in [0.15, 0.2) is 0 Å². The molecule has 3 aromatic rings. The topological polar surface area (TPSA) is 56.0 Å². The molecule has 0 spiro atoms. The molecule has 0 radical (unpaired) electrons. The molecule has 22 heavy (non-hydrogen) atoms. The first-order chi connectivity index (χ1) is 10.6. The SMILES string of the molecule is Cc1ccc(C(=O)Sc2nnc(-c3ccccc3Cl)o2)cc1. The van der Waals surface area contributed by atoms with E-state index in [0.717, 1.165) is 17.3 Å². The summed E-state index contributed by atoms with van der Waals surface area (Å²) in [5.74, 6) is 0.296. The fourth-order valence-corrected chi connectivity index (χ4v) is 2.65. The first-order valence-corrected chi connectivity index (χ1v) is 7.70. The van der Waals surface area contributed by atoms with Crippen molar-refractivity contribution < 1.29 is 9.21 Å². The number of carbonyl (C=O) groups is 1. The summed E-state index contributed by atoms with van der Waals surface area (Å²) >= 11 is 6.98. The number of hydrogen-bond donors (Lipinski definition) is 0. The van der Waals surface area contributed by atoms with Gasteiger partial charge in [0.05, 0.1) is 10.6 Å². The minimum atomic E-state index is -0.144. The van der Waals surface area contributed by atoms with Crippen LogP contribution in [-0.4, -0.2) is 15.3 Å². The van der Waals surface area contributed by atoms with E-state index in [2.05, 4.69) is 10.2 Å². The van der Waals surface area contributed by atoms with Crippen LogP contribution in [0.1, 0.15) is 15.9 Å². The van der Waals surface area contributed by atoms with Crippen molar-refractivity contribution in [2.45, 2.75) is 12.1 Å². The molecule has 1 heterocycles. The predicted octanol–water partition coefficient (Wildman–Crippen LogP) is 4.63. The minimum absolute atomic E-state index is 0.144. The van der Waals surface area contributed by atoms with Crippen molar-refractivity contribution in [1.82, 2.24) is 10.2 Å². The molecule has 0 unspecified atom stereocenters. The summed E-state index contributed by atoms with van der Waals surface area (Å²) in [6.07, 6.45) is 0. The molecule has 0 aliphatic rings. The summed E-state index contributed by atoms with van der Waals surface area (Å²) in [7, 11) is 0. The van der Waals surface area contributed by atoms with Crippen molar-refractivity contribution in [2.24, 2.45) is 0 Å². The fourth-order valence-electron chi connectivity index (χ4n) is 1.82. The molecule has 0 aliphatic carbocycles. The average Bonchev–Trinajstić information content (AvgIpc) is 2.96. The Morgan fingerprint density at radius 2 is 1.82 bits per heavy atom. The van der Waals surface area contributed by atoms with Crippen molar-refractivity contribution in [3.05, 3.63) is 64.7 Å². The van der Waals surface area contributed by atoms with E-state index < -0.39 is 0 Å². The Morgan fingerprint density at radius 1 is 1.09 bits per heavy atom. The fraction of sp³-hybridized carbons (Fsp3) is 0.0625. The van der Waals surface area contributed by atoms with Gasteiger partial charge in [-0.25, -0.2) is 0 Å². The Labute approximate surface area is 136 Å². The molecule has 0 saturated heterocycles. The van der Waals surface area contributed by atoms with Crippen LogP contribution in [0, 0.1) is 6.92 Å². The van der Waals surface area contributed by atoms with Crippen molar-refractivity contribution in [3.63, 3.8) is 0 Å². The smallest absolute Gasteiger partial charge is 0.284 e. The van der Waals surface area contributed by atoms with Crippen LogP contribution >= 0.6 is 23.4 Å². The normalized spacial score (nSPS) is 10.6. The second kappa shape index (κ2) is 6.34. The first kappa shape index (κ1) is 14.8. The van der Waals surface area contributed by atoms with Crippen LogP contribution in [0.5, 0.6) is 0 Å². The van der Waals surface area contributed by atoms with Gasteiger partial charge in [0.2, 0.25) is 11.0 Å². The maximum Gasteiger partial charge on any atom is 0.284 e. The molecule has 4 nitrogen and oxygen atoms in total. The molecular weight excluding hydrogens is 320 g/mol. The van der Waals surface area contributed by atoms with E-state index in [1.165, 1.54) is 0 Å². The Kier molecular flexibility index (Phi) is 4.27. The van der Waals surface area contributed by atoms with E-state index >= 15 is 0 Å². The summed E-state index contributed by atoms with van der Waals surface area (Å²) in [6.45, 7) is 1.97. The van der Waals surface area contributed by atoms with Crippen LogP contribution in [0.3, 0.4) is 0 Å². The van der Waals surface area contributed by atoms with E-state index in [4.69, 9.17) is 16.0 Å². The predicted molar refractivity (Wildman–Crippen MR) is 86.1 cm³/mol. The summed E-state index contributed by atoms with van der Waals surface area (Å²) in [6, 6.07) is 14.5. The van der Waals surface area contributed by atoms with Gasteiger partial charge in [0.25, 0.3) is 5.22 Å². The standard InChI is InChI=1S/C16H11ClN2O2S/c1-10-6-8-11(9-7-10)15(20)22-16-19-18-14(21-16)12-4-2-3-5-13(12)17/h2-9H,1H3. The van der Waals surface area contributed by atoms with Crippen LogP contribution in [0.25, 0.3) is 11.5 Å². The van der Waals surface area contributed by atoms with Gasteiger partial charge in [-0.2, -0.15) is 0 Å². The molecular formula is C16H11ClN2O2S. The quantitative estimate of drug-likeness (QED) is 0.655. The van der Waals surface area contributed by atoms with Gasteiger partial charge in [-0.3, -0.25) is 4.79 Å². The van der Waals surface area contributed by atoms with Gasteiger partial charge >= 0.3 is 0 Å². The Balaban J connectivity index is 1.78. The first-order valence-electron chi connectivity index (χ1n) is 6.51. The highest BCUT2D eigenvalue weighted by Crippen LogP contribution is 2.29. The summed E-state index contributed by atoms with van der Waals surface area (Å²) in [5, 5.41) is 8.39. The Hall–Kier alpha value is -2.11. The van der Waals surface area contributed by atoms with Crippen LogP contribution < -0.4 is 0 Å². The average molecular weight is 331 g/mol. The van der Waals surface area contributed by atoms with Gasteiger partial charge in [-0.15, -0.1) is 10.2 Å². The van der Waals surface area contributed by atoms with E-state index in [0.29, 0.717) is 22.0 Å². The number of hydrogen-bond acceptors (Lipinski definition) is 5. The molecule has 0 atom stereocenters. The Bertz CT molecular complexity index is 815. The highest BCUT2D eigenvalue weighted by atomic mass is 35.5. The number of rotatable bonds is 3. The number of nitrogens with zero attached hydrogens (tertiary/aromatic N) is 2. The zero-order valence-electron chi connectivity index (χ0n) is 11.6. The highest BCUT2D eigenvalue weighted by Gasteiger charge is 2.16. The number of halogens is 1. The molecule has 1 aromatic heterocycles. The maximum absolute atomic E-state index is 12.1. The molecule has 0 fully saturated rings. The zero-order valence-corrected chi connectivity index (χ0v) is 13.2. The van der Waals surface area contributed by atoms with Crippen LogP contribution in [0.2, 0.25) is 5.02 Å². The lowest BCUT2D eigenvalue weighted by molar-refractivity contribution is 0.108. The lowest BCUT2D eigenvalue weighted by Gasteiger charge is -1.98. The van der Waals surface area contributed by atoms with E-state index in [1.54, 1.807) is 24.3 Å².